The minimum atomic E-state index is -0.929. The van der Waals surface area contributed by atoms with E-state index in [0.717, 1.165) is 0 Å². The molecule has 3 atom stereocenters. The number of benzene rings is 1. The van der Waals surface area contributed by atoms with Gasteiger partial charge in [0.25, 0.3) is 0 Å². The van der Waals surface area contributed by atoms with Gasteiger partial charge in [0, 0.05) is 22.9 Å². The van der Waals surface area contributed by atoms with Gasteiger partial charge in [0.05, 0.1) is 19.3 Å². The van der Waals surface area contributed by atoms with E-state index in [0.29, 0.717) is 34.5 Å². The van der Waals surface area contributed by atoms with Crippen molar-refractivity contribution >= 4 is 17.7 Å². The molecule has 2 N–H and O–H groups in total. The third-order valence-electron chi connectivity index (χ3n) is 5.46. The van der Waals surface area contributed by atoms with Crippen molar-refractivity contribution in [3.8, 4) is 5.75 Å². The lowest BCUT2D eigenvalue weighted by Crippen LogP contribution is -2.43. The molecule has 0 amide bonds. The van der Waals surface area contributed by atoms with Crippen LogP contribution in [0.25, 0.3) is 0 Å². The molecule has 0 fully saturated rings. The molecule has 0 unspecified atom stereocenters. The van der Waals surface area contributed by atoms with E-state index >= 15 is 0 Å². The average molecular weight is 399 g/mol. The first-order valence-electron chi connectivity index (χ1n) is 9.59. The predicted octanol–water partition coefficient (Wildman–Crippen LogP) is 2.57. The number of aromatic hydroxyl groups is 1. The molecule has 0 saturated heterocycles. The van der Waals surface area contributed by atoms with Crippen LogP contribution in [0.4, 0.5) is 0 Å². The molecule has 0 saturated carbocycles. The Kier molecular flexibility index (Phi) is 5.77. The van der Waals surface area contributed by atoms with Gasteiger partial charge in [-0.25, -0.2) is 4.79 Å². The van der Waals surface area contributed by atoms with Crippen LogP contribution in [0.15, 0.2) is 46.8 Å². The van der Waals surface area contributed by atoms with Crippen molar-refractivity contribution in [3.05, 3.63) is 52.4 Å². The SMILES string of the molecule is CCOC(=O)C1=C(C)NC2=C(C(=O)[C@H](C(=O)OC)[C@H](C)C2)[C@H]1c1ccc(O)cc1. The van der Waals surface area contributed by atoms with E-state index in [-0.39, 0.29) is 24.1 Å². The fraction of sp³-hybridized carbons (Fsp3) is 0.409. The maximum absolute atomic E-state index is 13.4. The van der Waals surface area contributed by atoms with Gasteiger partial charge >= 0.3 is 11.9 Å². The second kappa shape index (κ2) is 8.11. The molecule has 1 aliphatic carbocycles. The second-order valence-corrected chi connectivity index (χ2v) is 7.35. The molecule has 0 bridgehead atoms. The third kappa shape index (κ3) is 3.64. The Morgan fingerprint density at radius 1 is 1.24 bits per heavy atom. The Bertz CT molecular complexity index is 912. The Balaban J connectivity index is 2.18. The van der Waals surface area contributed by atoms with Crippen LogP contribution in [0.2, 0.25) is 0 Å². The maximum atomic E-state index is 13.4. The number of ketones is 1. The van der Waals surface area contributed by atoms with Gasteiger partial charge < -0.3 is 19.9 Å². The number of methoxy groups -OCH3 is 1. The number of hydrogen-bond acceptors (Lipinski definition) is 7. The van der Waals surface area contributed by atoms with Crippen LogP contribution in [-0.2, 0) is 23.9 Å². The van der Waals surface area contributed by atoms with E-state index in [1.165, 1.54) is 19.2 Å². The Hall–Kier alpha value is -3.09. The fourth-order valence-electron chi connectivity index (χ4n) is 4.16. The largest absolute Gasteiger partial charge is 0.508 e. The Morgan fingerprint density at radius 2 is 1.90 bits per heavy atom. The van der Waals surface area contributed by atoms with E-state index in [1.807, 2.05) is 6.92 Å². The van der Waals surface area contributed by atoms with Crippen molar-refractivity contribution in [3.63, 3.8) is 0 Å². The van der Waals surface area contributed by atoms with E-state index in [4.69, 9.17) is 9.47 Å². The molecule has 29 heavy (non-hydrogen) atoms. The van der Waals surface area contributed by atoms with E-state index in [9.17, 15) is 19.5 Å². The summed E-state index contributed by atoms with van der Waals surface area (Å²) in [7, 11) is 1.26. The summed E-state index contributed by atoms with van der Waals surface area (Å²) in [4.78, 5) is 38.5. The standard InChI is InChI=1S/C22H25NO6/c1-5-29-22(27)17-12(3)23-15-10-11(2)16(21(26)28-4)20(25)19(15)18(17)13-6-8-14(24)9-7-13/h6-9,11,16,18,23-24H,5,10H2,1-4H3/t11-,16-,18+/m1/s1. The quantitative estimate of drug-likeness (QED) is 0.593. The Labute approximate surface area is 169 Å². The minimum Gasteiger partial charge on any atom is -0.508 e. The van der Waals surface area contributed by atoms with Gasteiger partial charge in [0.15, 0.2) is 5.78 Å². The van der Waals surface area contributed by atoms with Crippen LogP contribution >= 0.6 is 0 Å². The molecule has 154 valence electrons. The van der Waals surface area contributed by atoms with Crippen LogP contribution < -0.4 is 5.32 Å². The third-order valence-corrected chi connectivity index (χ3v) is 5.46. The summed E-state index contributed by atoms with van der Waals surface area (Å²) >= 11 is 0. The molecule has 0 radical (unpaired) electrons. The van der Waals surface area contributed by atoms with Crippen molar-refractivity contribution in [2.75, 3.05) is 13.7 Å². The molecule has 1 aromatic rings. The summed E-state index contributed by atoms with van der Waals surface area (Å²) in [5.41, 5.74) is 2.66. The number of esters is 2. The summed E-state index contributed by atoms with van der Waals surface area (Å²) in [6.07, 6.45) is 0.475. The highest BCUT2D eigenvalue weighted by atomic mass is 16.5. The summed E-state index contributed by atoms with van der Waals surface area (Å²) in [6.45, 7) is 5.51. The summed E-state index contributed by atoms with van der Waals surface area (Å²) in [5.74, 6) is -3.25. The summed E-state index contributed by atoms with van der Waals surface area (Å²) < 4.78 is 10.1. The van der Waals surface area contributed by atoms with Crippen LogP contribution in [0, 0.1) is 11.8 Å². The highest BCUT2D eigenvalue weighted by Crippen LogP contribution is 2.45. The number of allylic oxidation sites excluding steroid dienone is 3. The molecule has 3 rings (SSSR count). The topological polar surface area (TPSA) is 102 Å². The van der Waals surface area contributed by atoms with Crippen molar-refractivity contribution < 1.29 is 29.0 Å². The number of dihydropyridines is 1. The van der Waals surface area contributed by atoms with Gasteiger partial charge in [-0.1, -0.05) is 19.1 Å². The number of carbonyl (C=O) groups is 3. The lowest BCUT2D eigenvalue weighted by molar-refractivity contribution is -0.151. The lowest BCUT2D eigenvalue weighted by atomic mass is 9.69. The first-order chi connectivity index (χ1) is 13.8. The zero-order valence-corrected chi connectivity index (χ0v) is 16.9. The van der Waals surface area contributed by atoms with Crippen molar-refractivity contribution in [2.45, 2.75) is 33.1 Å². The first kappa shape index (κ1) is 20.6. The number of rotatable bonds is 4. The van der Waals surface area contributed by atoms with Crippen molar-refractivity contribution in [1.82, 2.24) is 5.32 Å². The second-order valence-electron chi connectivity index (χ2n) is 7.35. The van der Waals surface area contributed by atoms with Gasteiger partial charge in [0.2, 0.25) is 0 Å². The number of nitrogens with one attached hydrogen (secondary N) is 1. The van der Waals surface area contributed by atoms with E-state index < -0.39 is 23.8 Å². The monoisotopic (exact) mass is 399 g/mol. The van der Waals surface area contributed by atoms with Crippen LogP contribution in [0.3, 0.4) is 0 Å². The molecule has 0 spiro atoms. The van der Waals surface area contributed by atoms with Crippen molar-refractivity contribution in [2.24, 2.45) is 11.8 Å². The zero-order chi connectivity index (χ0) is 21.3. The van der Waals surface area contributed by atoms with Crippen LogP contribution in [0.5, 0.6) is 5.75 Å². The van der Waals surface area contributed by atoms with Crippen molar-refractivity contribution in [1.29, 1.82) is 0 Å². The molecular weight excluding hydrogens is 374 g/mol. The number of phenols is 1. The van der Waals surface area contributed by atoms with E-state index in [1.54, 1.807) is 26.0 Å². The smallest absolute Gasteiger partial charge is 0.336 e. The highest BCUT2D eigenvalue weighted by molar-refractivity contribution is 6.12. The maximum Gasteiger partial charge on any atom is 0.336 e. The number of carbonyl (C=O) groups excluding carboxylic acids is 3. The Morgan fingerprint density at radius 3 is 2.48 bits per heavy atom. The van der Waals surface area contributed by atoms with Gasteiger partial charge in [-0.05, 0) is 43.9 Å². The van der Waals surface area contributed by atoms with Gasteiger partial charge in [-0.3, -0.25) is 9.59 Å². The molecule has 2 aliphatic rings. The van der Waals surface area contributed by atoms with Crippen LogP contribution in [-0.4, -0.2) is 36.5 Å². The molecule has 1 aliphatic heterocycles. The van der Waals surface area contributed by atoms with Gasteiger partial charge in [0.1, 0.15) is 11.7 Å². The van der Waals surface area contributed by atoms with Gasteiger partial charge in [-0.15, -0.1) is 0 Å². The molecule has 7 heteroatoms. The normalized spacial score (nSPS) is 24.0. The van der Waals surface area contributed by atoms with Crippen LogP contribution in [0.1, 0.15) is 38.7 Å². The first-order valence-corrected chi connectivity index (χ1v) is 9.59. The number of phenolic OH excluding ortho intramolecular Hbond substituents is 1. The molecule has 1 aromatic carbocycles. The van der Waals surface area contributed by atoms with Gasteiger partial charge in [-0.2, -0.15) is 0 Å². The van der Waals surface area contributed by atoms with E-state index in [2.05, 4.69) is 5.32 Å². The number of Topliss-reactive ketones (excluding diaryl/α,β-unsaturated/α-hetero) is 1. The summed E-state index contributed by atoms with van der Waals surface area (Å²) in [5, 5.41) is 12.9. The molecule has 0 aromatic heterocycles. The number of ether oxygens (including phenoxy) is 2. The average Bonchev–Trinajstić information content (AvgIpc) is 2.67. The zero-order valence-electron chi connectivity index (χ0n) is 16.9. The lowest BCUT2D eigenvalue weighted by Gasteiger charge is -2.38. The fourth-order valence-corrected chi connectivity index (χ4v) is 4.16. The number of hydrogen-bond donors (Lipinski definition) is 2. The molecular formula is C22H25NO6. The molecule has 7 nitrogen and oxygen atoms in total. The summed E-state index contributed by atoms with van der Waals surface area (Å²) in [6, 6.07) is 6.34. The molecule has 1 heterocycles. The highest BCUT2D eigenvalue weighted by Gasteiger charge is 2.47. The minimum absolute atomic E-state index is 0.0753. The predicted molar refractivity (Wildman–Crippen MR) is 105 cm³/mol.